The van der Waals surface area contributed by atoms with E-state index in [0.717, 1.165) is 38.4 Å². The highest BCUT2D eigenvalue weighted by Gasteiger charge is 2.13. The van der Waals surface area contributed by atoms with Crippen LogP contribution in [0.3, 0.4) is 0 Å². The fraction of sp³-hybridized carbons (Fsp3) is 0.350. The number of nitrogens with zero attached hydrogens (tertiary/aromatic N) is 1. The fourth-order valence-corrected chi connectivity index (χ4v) is 2.81. The highest BCUT2D eigenvalue weighted by molar-refractivity contribution is 6.01. The lowest BCUT2D eigenvalue weighted by molar-refractivity contribution is -0.111. The number of carbonyl (C=O) groups is 1. The van der Waals surface area contributed by atoms with Gasteiger partial charge in [-0.3, -0.25) is 9.69 Å². The zero-order valence-corrected chi connectivity index (χ0v) is 14.6. The van der Waals surface area contributed by atoms with Crippen LogP contribution in [0.25, 0.3) is 6.08 Å². The standard InChI is InChI=1S/C20H24N2O4/c23-19(9-10-22-11-14-25-15-12-22)16-3-5-17(6-4-16)21-20(24)8-7-18-2-1-13-26-18/h1-8,13,19,23H,9-12,14-15H2,(H,21,24)/b8-7+. The molecule has 1 aromatic heterocycles. The van der Waals surface area contributed by atoms with Crippen LogP contribution < -0.4 is 5.32 Å². The second-order valence-electron chi connectivity index (χ2n) is 6.22. The molecule has 1 atom stereocenters. The van der Waals surface area contributed by atoms with Crippen LogP contribution in [-0.2, 0) is 9.53 Å². The number of rotatable bonds is 7. The fourth-order valence-electron chi connectivity index (χ4n) is 2.81. The van der Waals surface area contributed by atoms with E-state index in [1.807, 2.05) is 12.1 Å². The molecule has 2 N–H and O–H groups in total. The van der Waals surface area contributed by atoms with Crippen LogP contribution in [0.4, 0.5) is 5.69 Å². The molecule has 26 heavy (non-hydrogen) atoms. The number of hydrogen-bond donors (Lipinski definition) is 2. The summed E-state index contributed by atoms with van der Waals surface area (Å²) in [4.78, 5) is 14.2. The van der Waals surface area contributed by atoms with Gasteiger partial charge in [-0.2, -0.15) is 0 Å². The molecule has 0 radical (unpaired) electrons. The number of morpholine rings is 1. The summed E-state index contributed by atoms with van der Waals surface area (Å²) in [6.07, 6.45) is 4.75. The maximum absolute atomic E-state index is 11.9. The van der Waals surface area contributed by atoms with E-state index in [1.54, 1.807) is 36.6 Å². The number of carbonyl (C=O) groups excluding carboxylic acids is 1. The first-order valence-corrected chi connectivity index (χ1v) is 8.81. The van der Waals surface area contributed by atoms with E-state index in [4.69, 9.17) is 9.15 Å². The topological polar surface area (TPSA) is 74.9 Å². The molecule has 1 unspecified atom stereocenters. The lowest BCUT2D eigenvalue weighted by atomic mass is 10.1. The normalized spacial score (nSPS) is 16.7. The van der Waals surface area contributed by atoms with Gasteiger partial charge in [0.25, 0.3) is 0 Å². The summed E-state index contributed by atoms with van der Waals surface area (Å²) in [6.45, 7) is 4.21. The van der Waals surface area contributed by atoms with E-state index in [2.05, 4.69) is 10.2 Å². The Balaban J connectivity index is 1.47. The molecule has 3 rings (SSSR count). The molecule has 1 aliphatic rings. The summed E-state index contributed by atoms with van der Waals surface area (Å²) < 4.78 is 10.5. The molecule has 138 valence electrons. The Labute approximate surface area is 153 Å². The molecule has 1 amide bonds. The van der Waals surface area contributed by atoms with Gasteiger partial charge in [0.1, 0.15) is 5.76 Å². The summed E-state index contributed by atoms with van der Waals surface area (Å²) in [5.74, 6) is 0.390. The van der Waals surface area contributed by atoms with Crippen LogP contribution in [0.15, 0.2) is 53.2 Å². The monoisotopic (exact) mass is 356 g/mol. The minimum Gasteiger partial charge on any atom is -0.465 e. The van der Waals surface area contributed by atoms with Gasteiger partial charge in [-0.05, 0) is 42.3 Å². The van der Waals surface area contributed by atoms with Gasteiger partial charge in [-0.1, -0.05) is 12.1 Å². The molecule has 1 aliphatic heterocycles. The number of amides is 1. The Morgan fingerprint density at radius 1 is 1.23 bits per heavy atom. The molecular formula is C20H24N2O4. The van der Waals surface area contributed by atoms with Gasteiger partial charge < -0.3 is 19.6 Å². The largest absolute Gasteiger partial charge is 0.465 e. The number of benzene rings is 1. The third-order valence-corrected chi connectivity index (χ3v) is 4.33. The Morgan fingerprint density at radius 2 is 2.00 bits per heavy atom. The van der Waals surface area contributed by atoms with E-state index in [1.165, 1.54) is 6.08 Å². The second-order valence-corrected chi connectivity index (χ2v) is 6.22. The van der Waals surface area contributed by atoms with Crippen molar-refractivity contribution < 1.29 is 19.1 Å². The summed E-state index contributed by atoms with van der Waals surface area (Å²) in [5, 5.41) is 13.1. The maximum atomic E-state index is 11.9. The number of nitrogens with one attached hydrogen (secondary N) is 1. The van der Waals surface area contributed by atoms with Crippen molar-refractivity contribution in [3.63, 3.8) is 0 Å². The minimum absolute atomic E-state index is 0.234. The number of hydrogen-bond acceptors (Lipinski definition) is 5. The maximum Gasteiger partial charge on any atom is 0.248 e. The summed E-state index contributed by atoms with van der Waals surface area (Å²) >= 11 is 0. The van der Waals surface area contributed by atoms with Gasteiger partial charge >= 0.3 is 0 Å². The van der Waals surface area contributed by atoms with Crippen LogP contribution in [0.1, 0.15) is 23.8 Å². The molecule has 6 heteroatoms. The van der Waals surface area contributed by atoms with Crippen molar-refractivity contribution in [2.45, 2.75) is 12.5 Å². The quantitative estimate of drug-likeness (QED) is 0.746. The van der Waals surface area contributed by atoms with Crippen LogP contribution in [-0.4, -0.2) is 48.8 Å². The molecule has 1 aromatic carbocycles. The number of aliphatic hydroxyl groups is 1. The molecule has 0 saturated carbocycles. The Hall–Kier alpha value is -2.41. The van der Waals surface area contributed by atoms with Crippen molar-refractivity contribution in [1.29, 1.82) is 0 Å². The minimum atomic E-state index is -0.513. The van der Waals surface area contributed by atoms with Crippen molar-refractivity contribution in [3.05, 3.63) is 60.1 Å². The zero-order valence-electron chi connectivity index (χ0n) is 14.6. The van der Waals surface area contributed by atoms with E-state index in [-0.39, 0.29) is 5.91 Å². The molecule has 0 bridgehead atoms. The highest BCUT2D eigenvalue weighted by atomic mass is 16.5. The predicted molar refractivity (Wildman–Crippen MR) is 99.6 cm³/mol. The smallest absolute Gasteiger partial charge is 0.248 e. The lowest BCUT2D eigenvalue weighted by Gasteiger charge is -2.27. The van der Waals surface area contributed by atoms with E-state index < -0.39 is 6.10 Å². The van der Waals surface area contributed by atoms with Gasteiger partial charge in [0.05, 0.1) is 25.6 Å². The van der Waals surface area contributed by atoms with E-state index in [9.17, 15) is 9.90 Å². The molecule has 2 heterocycles. The number of aliphatic hydroxyl groups excluding tert-OH is 1. The Morgan fingerprint density at radius 3 is 2.69 bits per heavy atom. The highest BCUT2D eigenvalue weighted by Crippen LogP contribution is 2.20. The van der Waals surface area contributed by atoms with Gasteiger partial charge in [0.15, 0.2) is 0 Å². The van der Waals surface area contributed by atoms with Crippen molar-refractivity contribution >= 4 is 17.7 Å². The number of furan rings is 1. The molecule has 0 spiro atoms. The average Bonchev–Trinajstić information content (AvgIpc) is 3.19. The lowest BCUT2D eigenvalue weighted by Crippen LogP contribution is -2.37. The number of ether oxygens (including phenoxy) is 1. The third-order valence-electron chi connectivity index (χ3n) is 4.33. The van der Waals surface area contributed by atoms with Gasteiger partial charge in [-0.25, -0.2) is 0 Å². The Bertz CT molecular complexity index is 704. The van der Waals surface area contributed by atoms with Crippen molar-refractivity contribution in [1.82, 2.24) is 4.90 Å². The number of anilines is 1. The summed E-state index contributed by atoms with van der Waals surface area (Å²) in [5.41, 5.74) is 1.53. The Kier molecular flexibility index (Phi) is 6.60. The molecule has 6 nitrogen and oxygen atoms in total. The van der Waals surface area contributed by atoms with Crippen molar-refractivity contribution in [2.24, 2.45) is 0 Å². The van der Waals surface area contributed by atoms with E-state index >= 15 is 0 Å². The first-order chi connectivity index (χ1) is 12.7. The second kappa shape index (κ2) is 9.33. The van der Waals surface area contributed by atoms with Crippen molar-refractivity contribution in [2.75, 3.05) is 38.2 Å². The van der Waals surface area contributed by atoms with Gasteiger partial charge in [-0.15, -0.1) is 0 Å². The first kappa shape index (κ1) is 18.4. The molecule has 0 aliphatic carbocycles. The average molecular weight is 356 g/mol. The summed E-state index contributed by atoms with van der Waals surface area (Å²) in [6, 6.07) is 10.8. The van der Waals surface area contributed by atoms with Crippen LogP contribution >= 0.6 is 0 Å². The summed E-state index contributed by atoms with van der Waals surface area (Å²) in [7, 11) is 0. The molecule has 1 fully saturated rings. The van der Waals surface area contributed by atoms with Gasteiger partial charge in [0, 0.05) is 31.4 Å². The zero-order chi connectivity index (χ0) is 18.2. The molecule has 1 saturated heterocycles. The van der Waals surface area contributed by atoms with Crippen molar-refractivity contribution in [3.8, 4) is 0 Å². The first-order valence-electron chi connectivity index (χ1n) is 8.81. The van der Waals surface area contributed by atoms with Crippen LogP contribution in [0.2, 0.25) is 0 Å². The van der Waals surface area contributed by atoms with Crippen LogP contribution in [0.5, 0.6) is 0 Å². The SMILES string of the molecule is O=C(/C=C/c1ccco1)Nc1ccc(C(O)CCN2CCOCC2)cc1. The molecule has 2 aromatic rings. The van der Waals surface area contributed by atoms with E-state index in [0.29, 0.717) is 17.9 Å². The predicted octanol–water partition coefficient (Wildman–Crippen LogP) is 2.69. The molecular weight excluding hydrogens is 332 g/mol. The third kappa shape index (κ3) is 5.56. The van der Waals surface area contributed by atoms with Crippen LogP contribution in [0, 0.1) is 0 Å². The van der Waals surface area contributed by atoms with Gasteiger partial charge in [0.2, 0.25) is 5.91 Å².